The zero-order valence-electron chi connectivity index (χ0n) is 15.1. The molecule has 0 amide bonds. The third-order valence-corrected chi connectivity index (χ3v) is 5.74. The Bertz CT molecular complexity index is 1210. The molecule has 0 bridgehead atoms. The van der Waals surface area contributed by atoms with E-state index in [0.717, 1.165) is 10.0 Å². The van der Waals surface area contributed by atoms with Gasteiger partial charge >= 0.3 is 0 Å². The molecule has 0 radical (unpaired) electrons. The van der Waals surface area contributed by atoms with Gasteiger partial charge in [0, 0.05) is 15.4 Å². The van der Waals surface area contributed by atoms with Crippen molar-refractivity contribution >= 4 is 37.5 Å². The highest BCUT2D eigenvalue weighted by Crippen LogP contribution is 2.30. The maximum Gasteiger partial charge on any atom is 0.262 e. The van der Waals surface area contributed by atoms with Crippen molar-refractivity contribution < 1.29 is 14.2 Å². The molecule has 1 N–H and O–H groups in total. The Kier molecular flexibility index (Phi) is 5.75. The van der Waals surface area contributed by atoms with E-state index in [-0.39, 0.29) is 24.5 Å². The molecular formula is C21H16BrFN2O3S. The predicted octanol–water partition coefficient (Wildman–Crippen LogP) is 4.47. The van der Waals surface area contributed by atoms with Crippen LogP contribution in [0.4, 0.5) is 4.39 Å². The highest BCUT2D eigenvalue weighted by Gasteiger charge is 2.15. The number of hydrogen-bond acceptors (Lipinski definition) is 5. The highest BCUT2D eigenvalue weighted by atomic mass is 79.9. The SMILES string of the molecule is O=c1c2c(-c3ccc(F)cc3)csc2ncn1CC(O)COc1cccc(Br)c1. The summed E-state index contributed by atoms with van der Waals surface area (Å²) in [5.74, 6) is 0.285. The van der Waals surface area contributed by atoms with E-state index in [1.807, 2.05) is 17.5 Å². The Morgan fingerprint density at radius 1 is 1.24 bits per heavy atom. The van der Waals surface area contributed by atoms with Gasteiger partial charge in [0.2, 0.25) is 0 Å². The van der Waals surface area contributed by atoms with Crippen LogP contribution in [0.25, 0.3) is 21.3 Å². The van der Waals surface area contributed by atoms with Gasteiger partial charge in [-0.2, -0.15) is 0 Å². The Balaban J connectivity index is 1.56. The van der Waals surface area contributed by atoms with Gasteiger partial charge < -0.3 is 9.84 Å². The summed E-state index contributed by atoms with van der Waals surface area (Å²) < 4.78 is 21.1. The van der Waals surface area contributed by atoms with Crippen LogP contribution in [-0.4, -0.2) is 27.4 Å². The van der Waals surface area contributed by atoms with E-state index in [1.165, 1.54) is 34.4 Å². The summed E-state index contributed by atoms with van der Waals surface area (Å²) >= 11 is 4.72. The molecule has 0 spiro atoms. The molecule has 8 heteroatoms. The maximum absolute atomic E-state index is 13.2. The average Bonchev–Trinajstić information content (AvgIpc) is 3.14. The first-order valence-electron chi connectivity index (χ1n) is 8.80. The molecule has 0 aliphatic heterocycles. The number of thiophene rings is 1. The first-order valence-corrected chi connectivity index (χ1v) is 10.5. The summed E-state index contributed by atoms with van der Waals surface area (Å²) in [6.45, 7) is 0.0872. The van der Waals surface area contributed by atoms with Gasteiger partial charge in [-0.25, -0.2) is 9.37 Å². The van der Waals surface area contributed by atoms with E-state index in [2.05, 4.69) is 20.9 Å². The predicted molar refractivity (Wildman–Crippen MR) is 115 cm³/mol. The summed E-state index contributed by atoms with van der Waals surface area (Å²) in [5, 5.41) is 12.6. The topological polar surface area (TPSA) is 64.4 Å². The first kappa shape index (κ1) is 19.8. The molecule has 0 saturated carbocycles. The fourth-order valence-corrected chi connectivity index (χ4v) is 4.25. The summed E-state index contributed by atoms with van der Waals surface area (Å²) in [5.41, 5.74) is 1.20. The lowest BCUT2D eigenvalue weighted by Crippen LogP contribution is -2.30. The zero-order valence-corrected chi connectivity index (χ0v) is 17.5. The fraction of sp³-hybridized carbons (Fsp3) is 0.143. The molecule has 2 heterocycles. The molecular weight excluding hydrogens is 459 g/mol. The van der Waals surface area contributed by atoms with E-state index in [0.29, 0.717) is 21.5 Å². The quantitative estimate of drug-likeness (QED) is 0.447. The van der Waals surface area contributed by atoms with Crippen LogP contribution >= 0.6 is 27.3 Å². The molecule has 0 aliphatic rings. The molecule has 4 rings (SSSR count). The molecule has 1 atom stereocenters. The average molecular weight is 475 g/mol. The number of aliphatic hydroxyl groups excluding tert-OH is 1. The molecule has 0 fully saturated rings. The van der Waals surface area contributed by atoms with Crippen LogP contribution in [0.3, 0.4) is 0 Å². The van der Waals surface area contributed by atoms with Gasteiger partial charge in [-0.3, -0.25) is 9.36 Å². The summed E-state index contributed by atoms with van der Waals surface area (Å²) in [4.78, 5) is 17.9. The number of fused-ring (bicyclic) bond motifs is 1. The third kappa shape index (κ3) is 4.39. The minimum atomic E-state index is -0.890. The van der Waals surface area contributed by atoms with Crippen molar-refractivity contribution in [2.24, 2.45) is 0 Å². The third-order valence-electron chi connectivity index (χ3n) is 4.36. The van der Waals surface area contributed by atoms with Gasteiger partial charge in [-0.1, -0.05) is 34.1 Å². The lowest BCUT2D eigenvalue weighted by atomic mass is 10.1. The number of hydrogen-bond donors (Lipinski definition) is 1. The minimum absolute atomic E-state index is 0.0371. The van der Waals surface area contributed by atoms with Crippen LogP contribution in [0.5, 0.6) is 5.75 Å². The molecule has 4 aromatic rings. The number of benzene rings is 2. The normalized spacial score (nSPS) is 12.2. The smallest absolute Gasteiger partial charge is 0.262 e. The molecule has 29 heavy (non-hydrogen) atoms. The molecule has 2 aromatic heterocycles. The minimum Gasteiger partial charge on any atom is -0.491 e. The van der Waals surface area contributed by atoms with E-state index in [4.69, 9.17) is 4.74 Å². The van der Waals surface area contributed by atoms with Crippen molar-refractivity contribution in [3.05, 3.63) is 80.9 Å². The molecule has 5 nitrogen and oxygen atoms in total. The van der Waals surface area contributed by atoms with Crippen LogP contribution in [-0.2, 0) is 6.54 Å². The fourth-order valence-electron chi connectivity index (χ4n) is 2.97. The number of rotatable bonds is 6. The van der Waals surface area contributed by atoms with Crippen molar-refractivity contribution in [2.45, 2.75) is 12.6 Å². The lowest BCUT2D eigenvalue weighted by molar-refractivity contribution is 0.0914. The van der Waals surface area contributed by atoms with Gasteiger partial charge in [0.05, 0.1) is 18.3 Å². The molecule has 2 aromatic carbocycles. The largest absolute Gasteiger partial charge is 0.491 e. The molecule has 1 unspecified atom stereocenters. The first-order chi connectivity index (χ1) is 14.0. The van der Waals surface area contributed by atoms with Gasteiger partial charge in [0.25, 0.3) is 5.56 Å². The van der Waals surface area contributed by atoms with Crippen LogP contribution < -0.4 is 10.3 Å². The lowest BCUT2D eigenvalue weighted by Gasteiger charge is -2.14. The molecule has 0 aliphatic carbocycles. The second-order valence-corrected chi connectivity index (χ2v) is 8.23. The second-order valence-electron chi connectivity index (χ2n) is 6.46. The standard InChI is InChI=1S/C21H16BrFN2O3S/c22-14-2-1-3-17(8-14)28-10-16(26)9-25-12-24-20-19(21(25)27)18(11-29-20)13-4-6-15(23)7-5-13/h1-8,11-12,16,26H,9-10H2. The van der Waals surface area contributed by atoms with Gasteiger partial charge in [0.1, 0.15) is 29.1 Å². The van der Waals surface area contributed by atoms with Gasteiger partial charge in [0.15, 0.2) is 0 Å². The van der Waals surface area contributed by atoms with Crippen molar-refractivity contribution in [1.29, 1.82) is 0 Å². The van der Waals surface area contributed by atoms with Crippen molar-refractivity contribution in [3.8, 4) is 16.9 Å². The molecule has 148 valence electrons. The Morgan fingerprint density at radius 2 is 2.03 bits per heavy atom. The number of halogens is 2. The number of aromatic nitrogens is 2. The molecule has 0 saturated heterocycles. The van der Waals surface area contributed by atoms with Crippen molar-refractivity contribution in [2.75, 3.05) is 6.61 Å². The number of aliphatic hydroxyl groups is 1. The van der Waals surface area contributed by atoms with Gasteiger partial charge in [-0.15, -0.1) is 11.3 Å². The summed E-state index contributed by atoms with van der Waals surface area (Å²) in [6, 6.07) is 13.3. The van der Waals surface area contributed by atoms with E-state index < -0.39 is 6.10 Å². The van der Waals surface area contributed by atoms with E-state index in [9.17, 15) is 14.3 Å². The van der Waals surface area contributed by atoms with E-state index >= 15 is 0 Å². The van der Waals surface area contributed by atoms with Gasteiger partial charge in [-0.05, 0) is 35.9 Å². The van der Waals surface area contributed by atoms with Crippen LogP contribution in [0, 0.1) is 5.82 Å². The zero-order chi connectivity index (χ0) is 20.4. The Labute approximate surface area is 178 Å². The Hall–Kier alpha value is -2.55. The van der Waals surface area contributed by atoms with Crippen LogP contribution in [0.1, 0.15) is 0 Å². The summed E-state index contributed by atoms with van der Waals surface area (Å²) in [6.07, 6.45) is 0.539. The highest BCUT2D eigenvalue weighted by molar-refractivity contribution is 9.10. The monoisotopic (exact) mass is 474 g/mol. The van der Waals surface area contributed by atoms with Crippen LogP contribution in [0.15, 0.2) is 69.5 Å². The summed E-state index contributed by atoms with van der Waals surface area (Å²) in [7, 11) is 0. The van der Waals surface area contributed by atoms with Crippen LogP contribution in [0.2, 0.25) is 0 Å². The Morgan fingerprint density at radius 3 is 2.79 bits per heavy atom. The second kappa shape index (κ2) is 8.44. The number of ether oxygens (including phenoxy) is 1. The number of nitrogens with zero attached hydrogens (tertiary/aromatic N) is 2. The van der Waals surface area contributed by atoms with Crippen molar-refractivity contribution in [1.82, 2.24) is 9.55 Å². The maximum atomic E-state index is 13.2. The van der Waals surface area contributed by atoms with Crippen molar-refractivity contribution in [3.63, 3.8) is 0 Å². The van der Waals surface area contributed by atoms with E-state index in [1.54, 1.807) is 24.3 Å².